The molecule has 0 fully saturated rings. The lowest BCUT2D eigenvalue weighted by Crippen LogP contribution is -2.42. The lowest BCUT2D eigenvalue weighted by atomic mass is 9.98. The average molecular weight is 571 g/mol. The van der Waals surface area contributed by atoms with E-state index in [4.69, 9.17) is 9.47 Å². The number of aromatic hydroxyl groups is 2. The molecule has 0 aliphatic carbocycles. The number of phenols is 2. The second-order valence-electron chi connectivity index (χ2n) is 10.8. The van der Waals surface area contributed by atoms with E-state index < -0.39 is 18.0 Å². The van der Waals surface area contributed by atoms with Gasteiger partial charge in [0.25, 0.3) is 5.79 Å². The van der Waals surface area contributed by atoms with Crippen LogP contribution in [-0.2, 0) is 9.47 Å². The largest absolute Gasteiger partial charge is 0.508 e. The van der Waals surface area contributed by atoms with Crippen LogP contribution in [0.15, 0.2) is 48.5 Å². The van der Waals surface area contributed by atoms with Crippen molar-refractivity contribution in [3.05, 3.63) is 48.5 Å². The van der Waals surface area contributed by atoms with Crippen molar-refractivity contribution in [1.29, 1.82) is 0 Å². The molecule has 0 atom stereocenters. The van der Waals surface area contributed by atoms with E-state index in [0.717, 1.165) is 51.4 Å². The van der Waals surface area contributed by atoms with Crippen LogP contribution < -0.4 is 10.6 Å². The molecule has 0 heterocycles. The molecule has 2 rings (SSSR count). The Morgan fingerprint density at radius 1 is 0.561 bits per heavy atom. The van der Waals surface area contributed by atoms with Gasteiger partial charge in [0.2, 0.25) is 0 Å². The van der Waals surface area contributed by atoms with E-state index in [1.54, 1.807) is 24.3 Å². The number of hydrogen-bond donors (Lipinski definition) is 4. The number of nitrogens with one attached hydrogen (secondary N) is 2. The summed E-state index contributed by atoms with van der Waals surface area (Å²) >= 11 is 0. The van der Waals surface area contributed by atoms with Gasteiger partial charge in [-0.1, -0.05) is 90.9 Å². The summed E-state index contributed by atoms with van der Waals surface area (Å²) in [5.74, 6) is -1.26. The predicted octanol–water partition coefficient (Wildman–Crippen LogP) is 9.87. The van der Waals surface area contributed by atoms with Crippen LogP contribution in [0.25, 0.3) is 0 Å². The summed E-state index contributed by atoms with van der Waals surface area (Å²) in [6.07, 6.45) is 14.5. The molecular formula is C33H50N2O6. The number of amides is 2. The molecule has 0 bridgehead atoms. The van der Waals surface area contributed by atoms with Gasteiger partial charge in [0.1, 0.15) is 11.5 Å². The molecule has 2 aromatic carbocycles. The van der Waals surface area contributed by atoms with E-state index in [1.807, 2.05) is 0 Å². The maximum absolute atomic E-state index is 13.1. The lowest BCUT2D eigenvalue weighted by Gasteiger charge is -2.33. The van der Waals surface area contributed by atoms with E-state index in [0.29, 0.717) is 24.2 Å². The van der Waals surface area contributed by atoms with Crippen molar-refractivity contribution in [2.75, 3.05) is 10.6 Å². The van der Waals surface area contributed by atoms with Gasteiger partial charge in [0.15, 0.2) is 0 Å². The molecule has 0 aromatic heterocycles. The Labute approximate surface area is 245 Å². The smallest absolute Gasteiger partial charge is 0.414 e. The van der Waals surface area contributed by atoms with E-state index >= 15 is 0 Å². The fourth-order valence-corrected chi connectivity index (χ4v) is 4.77. The highest BCUT2D eigenvalue weighted by Gasteiger charge is 2.38. The quantitative estimate of drug-likeness (QED) is 0.0715. The van der Waals surface area contributed by atoms with E-state index in [1.165, 1.54) is 62.8 Å². The second kappa shape index (κ2) is 19.6. The molecule has 41 heavy (non-hydrogen) atoms. The number of carbonyl (C=O) groups is 2. The summed E-state index contributed by atoms with van der Waals surface area (Å²) in [6.45, 7) is 4.39. The van der Waals surface area contributed by atoms with Crippen molar-refractivity contribution in [2.24, 2.45) is 0 Å². The number of benzene rings is 2. The van der Waals surface area contributed by atoms with Crippen LogP contribution in [0.4, 0.5) is 21.0 Å². The molecule has 0 aliphatic rings. The fraction of sp³-hybridized carbons (Fsp3) is 0.576. The fourth-order valence-electron chi connectivity index (χ4n) is 4.77. The van der Waals surface area contributed by atoms with Gasteiger partial charge in [-0.3, -0.25) is 10.6 Å². The number of rotatable bonds is 20. The minimum atomic E-state index is -1.44. The summed E-state index contributed by atoms with van der Waals surface area (Å²) in [5, 5.41) is 24.5. The van der Waals surface area contributed by atoms with Crippen molar-refractivity contribution in [3.63, 3.8) is 0 Å². The first-order chi connectivity index (χ1) is 19.9. The number of anilines is 2. The van der Waals surface area contributed by atoms with E-state index in [2.05, 4.69) is 24.5 Å². The van der Waals surface area contributed by atoms with E-state index in [9.17, 15) is 19.8 Å². The molecule has 0 aliphatic heterocycles. The summed E-state index contributed by atoms with van der Waals surface area (Å²) in [4.78, 5) is 26.1. The van der Waals surface area contributed by atoms with Crippen LogP contribution in [0.3, 0.4) is 0 Å². The van der Waals surface area contributed by atoms with Gasteiger partial charge in [0, 0.05) is 24.2 Å². The van der Waals surface area contributed by atoms with E-state index in [-0.39, 0.29) is 11.5 Å². The highest BCUT2D eigenvalue weighted by Crippen LogP contribution is 2.31. The number of carbonyl (C=O) groups excluding carboxylic acids is 2. The summed E-state index contributed by atoms with van der Waals surface area (Å²) in [6, 6.07) is 12.2. The van der Waals surface area contributed by atoms with Crippen LogP contribution in [0, 0.1) is 0 Å². The van der Waals surface area contributed by atoms with Gasteiger partial charge < -0.3 is 19.7 Å². The van der Waals surface area contributed by atoms with Crippen LogP contribution >= 0.6 is 0 Å². The van der Waals surface area contributed by atoms with Crippen molar-refractivity contribution < 1.29 is 29.3 Å². The molecule has 0 spiro atoms. The Morgan fingerprint density at radius 2 is 0.878 bits per heavy atom. The van der Waals surface area contributed by atoms with Crippen molar-refractivity contribution in [1.82, 2.24) is 0 Å². The molecule has 0 radical (unpaired) electrons. The molecule has 0 saturated carbocycles. The van der Waals surface area contributed by atoms with Gasteiger partial charge in [-0.2, -0.15) is 0 Å². The molecule has 4 N–H and O–H groups in total. The number of unbranched alkanes of at least 4 members (excludes halogenated alkanes) is 12. The van der Waals surface area contributed by atoms with Crippen molar-refractivity contribution >= 4 is 23.6 Å². The summed E-state index contributed by atoms with van der Waals surface area (Å²) in [7, 11) is 0. The normalized spacial score (nSPS) is 11.2. The van der Waals surface area contributed by atoms with Gasteiger partial charge in [-0.15, -0.1) is 0 Å². The third kappa shape index (κ3) is 14.7. The highest BCUT2D eigenvalue weighted by molar-refractivity contribution is 5.86. The van der Waals surface area contributed by atoms with Crippen LogP contribution in [0.5, 0.6) is 11.5 Å². The standard InChI is InChI=1S/C33H50N2O6/c1-3-5-7-9-11-13-15-25-33(26-16-14-12-10-8-6-4-2,40-31(38)34-27-17-21-29(36)22-18-27)41-32(39)35-28-19-23-30(37)24-20-28/h17-24,36-37H,3-16,25-26H2,1-2H3,(H,34,38)(H,35,39). The molecule has 228 valence electrons. The topological polar surface area (TPSA) is 117 Å². The minimum absolute atomic E-state index is 0.0883. The van der Waals surface area contributed by atoms with Gasteiger partial charge >= 0.3 is 12.2 Å². The third-order valence-electron chi connectivity index (χ3n) is 7.11. The summed E-state index contributed by atoms with van der Waals surface area (Å²) in [5.41, 5.74) is 0.921. The lowest BCUT2D eigenvalue weighted by molar-refractivity contribution is -0.167. The Hall–Kier alpha value is -3.42. The third-order valence-corrected chi connectivity index (χ3v) is 7.11. The molecular weight excluding hydrogens is 520 g/mol. The van der Waals surface area contributed by atoms with Gasteiger partial charge in [-0.25, -0.2) is 9.59 Å². The molecule has 2 amide bonds. The summed E-state index contributed by atoms with van der Waals surface area (Å²) < 4.78 is 11.9. The molecule has 0 unspecified atom stereocenters. The zero-order valence-electron chi connectivity index (χ0n) is 25.0. The van der Waals surface area contributed by atoms with Gasteiger partial charge in [-0.05, 0) is 61.4 Å². The molecule has 8 heteroatoms. The Balaban J connectivity index is 2.14. The van der Waals surface area contributed by atoms with Crippen LogP contribution in [0.2, 0.25) is 0 Å². The first-order valence-corrected chi connectivity index (χ1v) is 15.4. The van der Waals surface area contributed by atoms with Gasteiger partial charge in [0.05, 0.1) is 0 Å². The first kappa shape index (κ1) is 33.8. The van der Waals surface area contributed by atoms with Crippen LogP contribution in [0.1, 0.15) is 117 Å². The maximum atomic E-state index is 13.1. The zero-order chi connectivity index (χ0) is 29.8. The Kier molecular flexibility index (Phi) is 16.2. The highest BCUT2D eigenvalue weighted by atomic mass is 16.7. The zero-order valence-corrected chi connectivity index (χ0v) is 25.0. The Morgan fingerprint density at radius 3 is 1.22 bits per heavy atom. The predicted molar refractivity (Wildman–Crippen MR) is 164 cm³/mol. The van der Waals surface area contributed by atoms with Crippen LogP contribution in [-0.4, -0.2) is 28.2 Å². The molecule has 0 saturated heterocycles. The molecule has 8 nitrogen and oxygen atoms in total. The Bertz CT molecular complexity index is 912. The maximum Gasteiger partial charge on any atom is 0.414 e. The SMILES string of the molecule is CCCCCCCCCC(CCCCCCCCC)(OC(=O)Nc1ccc(O)cc1)OC(=O)Nc1ccc(O)cc1. The monoisotopic (exact) mass is 570 g/mol. The number of phenolic OH excluding ortho intramolecular Hbond substituents is 2. The number of ether oxygens (including phenoxy) is 2. The first-order valence-electron chi connectivity index (χ1n) is 15.4. The van der Waals surface area contributed by atoms with Crippen molar-refractivity contribution in [3.8, 4) is 11.5 Å². The molecule has 2 aromatic rings. The number of hydrogen-bond acceptors (Lipinski definition) is 6. The average Bonchev–Trinajstić information content (AvgIpc) is 2.94. The van der Waals surface area contributed by atoms with Crippen molar-refractivity contribution in [2.45, 2.75) is 122 Å². The minimum Gasteiger partial charge on any atom is -0.508 e. The second-order valence-corrected chi connectivity index (χ2v) is 10.8.